The van der Waals surface area contributed by atoms with E-state index >= 15 is 0 Å². The minimum atomic E-state index is -0.395. The Morgan fingerprint density at radius 3 is 2.40 bits per heavy atom. The Hall–Kier alpha value is -3.48. The van der Waals surface area contributed by atoms with Crippen LogP contribution in [0.15, 0.2) is 66.0 Å². The van der Waals surface area contributed by atoms with Gasteiger partial charge in [-0.15, -0.1) is 0 Å². The van der Waals surface area contributed by atoms with Crippen LogP contribution in [-0.4, -0.2) is 28.0 Å². The van der Waals surface area contributed by atoms with Crippen molar-refractivity contribution in [3.63, 3.8) is 0 Å². The zero-order chi connectivity index (χ0) is 17.6. The summed E-state index contributed by atoms with van der Waals surface area (Å²) in [5, 5.41) is 2.93. The molecule has 2 N–H and O–H groups in total. The number of rotatable bonds is 5. The number of ether oxygens (including phenoxy) is 1. The van der Waals surface area contributed by atoms with Crippen LogP contribution in [0.2, 0.25) is 0 Å². The van der Waals surface area contributed by atoms with E-state index in [-0.39, 0.29) is 11.3 Å². The van der Waals surface area contributed by atoms with Crippen molar-refractivity contribution in [2.45, 2.75) is 6.04 Å². The molecule has 0 radical (unpaired) electrons. The third kappa shape index (κ3) is 3.89. The minimum absolute atomic E-state index is 0.132. The first-order valence-electron chi connectivity index (χ1n) is 7.57. The molecule has 25 heavy (non-hydrogen) atoms. The highest BCUT2D eigenvalue weighted by atomic mass is 16.5. The van der Waals surface area contributed by atoms with Crippen LogP contribution < -0.4 is 15.6 Å². The van der Waals surface area contributed by atoms with Gasteiger partial charge in [-0.1, -0.05) is 12.1 Å². The highest BCUT2D eigenvalue weighted by Gasteiger charge is 2.18. The molecule has 1 aromatic carbocycles. The van der Waals surface area contributed by atoms with Crippen LogP contribution in [0.5, 0.6) is 5.75 Å². The second-order valence-corrected chi connectivity index (χ2v) is 5.26. The molecule has 0 saturated heterocycles. The van der Waals surface area contributed by atoms with Crippen molar-refractivity contribution in [1.29, 1.82) is 0 Å². The quantitative estimate of drug-likeness (QED) is 0.739. The first-order chi connectivity index (χ1) is 12.2. The number of benzene rings is 1. The Balaban J connectivity index is 1.92. The maximum absolute atomic E-state index is 12.5. The third-order valence-corrected chi connectivity index (χ3v) is 3.67. The second kappa shape index (κ2) is 7.39. The largest absolute Gasteiger partial charge is 0.497 e. The number of pyridine rings is 1. The number of hydrogen-bond donors (Lipinski definition) is 2. The van der Waals surface area contributed by atoms with Gasteiger partial charge in [-0.25, -0.2) is 4.98 Å². The number of H-pyrrole nitrogens is 1. The lowest BCUT2D eigenvalue weighted by Gasteiger charge is -2.19. The summed E-state index contributed by atoms with van der Waals surface area (Å²) in [5.74, 6) is 0.333. The number of hydrogen-bond acceptors (Lipinski definition) is 5. The average molecular weight is 336 g/mol. The van der Waals surface area contributed by atoms with Crippen molar-refractivity contribution in [3.8, 4) is 5.75 Å². The monoisotopic (exact) mass is 336 g/mol. The molecular formula is C18H16N4O3. The van der Waals surface area contributed by atoms with E-state index in [0.29, 0.717) is 0 Å². The van der Waals surface area contributed by atoms with E-state index in [1.807, 2.05) is 36.4 Å². The zero-order valence-electron chi connectivity index (χ0n) is 13.5. The summed E-state index contributed by atoms with van der Waals surface area (Å²) in [4.78, 5) is 33.9. The van der Waals surface area contributed by atoms with Crippen molar-refractivity contribution < 1.29 is 9.53 Å². The Morgan fingerprint density at radius 1 is 1.12 bits per heavy atom. The molecule has 0 aliphatic heterocycles. The summed E-state index contributed by atoms with van der Waals surface area (Å²) < 4.78 is 5.18. The van der Waals surface area contributed by atoms with Gasteiger partial charge in [-0.3, -0.25) is 14.6 Å². The molecule has 3 aromatic rings. The summed E-state index contributed by atoms with van der Waals surface area (Å²) >= 11 is 0. The number of carbonyl (C=O) groups excluding carboxylic acids is 1. The molecule has 0 fully saturated rings. The van der Waals surface area contributed by atoms with Gasteiger partial charge < -0.3 is 15.0 Å². The van der Waals surface area contributed by atoms with E-state index < -0.39 is 11.9 Å². The lowest BCUT2D eigenvalue weighted by atomic mass is 9.99. The number of aromatic amines is 1. The highest BCUT2D eigenvalue weighted by Crippen LogP contribution is 2.24. The van der Waals surface area contributed by atoms with E-state index in [1.54, 1.807) is 19.5 Å². The van der Waals surface area contributed by atoms with Gasteiger partial charge in [0.2, 0.25) is 0 Å². The predicted octanol–water partition coefficient (Wildman–Crippen LogP) is 1.69. The standard InChI is InChI=1S/C18H16N4O3/c1-25-14-4-2-12(3-5-14)17(13-6-8-19-9-7-13)22-18(24)15-10-21-16(23)11-20-15/h2-11,17H,1H3,(H,21,23)(H,22,24)/t17-/m1/s1. The molecule has 3 rings (SSSR count). The van der Waals surface area contributed by atoms with Crippen molar-refractivity contribution in [3.05, 3.63) is 88.4 Å². The lowest BCUT2D eigenvalue weighted by Crippen LogP contribution is -2.30. The topological polar surface area (TPSA) is 97.0 Å². The van der Waals surface area contributed by atoms with Gasteiger partial charge in [0.25, 0.3) is 11.5 Å². The van der Waals surface area contributed by atoms with Crippen LogP contribution in [0.4, 0.5) is 0 Å². The van der Waals surface area contributed by atoms with Gasteiger partial charge in [0.1, 0.15) is 11.4 Å². The first kappa shape index (κ1) is 16.4. The first-order valence-corrected chi connectivity index (χ1v) is 7.57. The van der Waals surface area contributed by atoms with Crippen LogP contribution in [0.3, 0.4) is 0 Å². The number of nitrogens with zero attached hydrogens (tertiary/aromatic N) is 2. The molecule has 7 heteroatoms. The van der Waals surface area contributed by atoms with Gasteiger partial charge in [-0.2, -0.15) is 0 Å². The molecule has 0 aliphatic carbocycles. The van der Waals surface area contributed by atoms with Crippen LogP contribution in [-0.2, 0) is 0 Å². The molecular weight excluding hydrogens is 320 g/mol. The summed E-state index contributed by atoms with van der Waals surface area (Å²) in [6.07, 6.45) is 5.69. The summed E-state index contributed by atoms with van der Waals surface area (Å²) in [7, 11) is 1.60. The van der Waals surface area contributed by atoms with Crippen molar-refractivity contribution in [2.24, 2.45) is 0 Å². The van der Waals surface area contributed by atoms with Gasteiger partial charge in [-0.05, 0) is 35.4 Å². The normalized spacial score (nSPS) is 11.6. The fourth-order valence-electron chi connectivity index (χ4n) is 2.38. The maximum atomic E-state index is 12.5. The maximum Gasteiger partial charge on any atom is 0.272 e. The van der Waals surface area contributed by atoms with Crippen molar-refractivity contribution in [1.82, 2.24) is 20.3 Å². The molecule has 2 heterocycles. The van der Waals surface area contributed by atoms with Gasteiger partial charge in [0.15, 0.2) is 0 Å². The fraction of sp³-hybridized carbons (Fsp3) is 0.111. The zero-order valence-corrected chi connectivity index (χ0v) is 13.5. The Kier molecular flexibility index (Phi) is 4.84. The average Bonchev–Trinajstić information content (AvgIpc) is 2.67. The molecule has 2 aromatic heterocycles. The van der Waals surface area contributed by atoms with Gasteiger partial charge >= 0.3 is 0 Å². The van der Waals surface area contributed by atoms with E-state index in [9.17, 15) is 9.59 Å². The molecule has 0 unspecified atom stereocenters. The summed E-state index contributed by atoms with van der Waals surface area (Å²) in [6, 6.07) is 10.7. The smallest absolute Gasteiger partial charge is 0.272 e. The SMILES string of the molecule is COc1ccc([C@@H](NC(=O)c2c[nH]c(=O)cn2)c2ccncc2)cc1. The Morgan fingerprint density at radius 2 is 1.80 bits per heavy atom. The highest BCUT2D eigenvalue weighted by molar-refractivity contribution is 5.92. The molecule has 0 saturated carbocycles. The molecule has 0 bridgehead atoms. The number of amides is 1. The van der Waals surface area contributed by atoms with Gasteiger partial charge in [0, 0.05) is 18.6 Å². The van der Waals surface area contributed by atoms with E-state index in [2.05, 4.69) is 20.3 Å². The number of aromatic nitrogens is 3. The van der Waals surface area contributed by atoms with Crippen LogP contribution in [0.25, 0.3) is 0 Å². The number of carbonyl (C=O) groups is 1. The molecule has 1 amide bonds. The fourth-order valence-corrected chi connectivity index (χ4v) is 2.38. The summed E-state index contributed by atoms with van der Waals surface area (Å²) in [5.41, 5.74) is 1.52. The lowest BCUT2D eigenvalue weighted by molar-refractivity contribution is 0.0937. The number of nitrogens with one attached hydrogen (secondary N) is 2. The van der Waals surface area contributed by atoms with Crippen molar-refractivity contribution in [2.75, 3.05) is 7.11 Å². The molecule has 0 aliphatic rings. The minimum Gasteiger partial charge on any atom is -0.497 e. The Bertz CT molecular complexity index is 887. The van der Waals surface area contributed by atoms with E-state index in [4.69, 9.17) is 4.74 Å². The van der Waals surface area contributed by atoms with E-state index in [0.717, 1.165) is 23.1 Å². The molecule has 7 nitrogen and oxygen atoms in total. The van der Waals surface area contributed by atoms with Gasteiger partial charge in [0.05, 0.1) is 19.3 Å². The summed E-state index contributed by atoms with van der Waals surface area (Å²) in [6.45, 7) is 0. The Labute approximate surface area is 143 Å². The van der Waals surface area contributed by atoms with Crippen LogP contribution in [0, 0.1) is 0 Å². The number of methoxy groups -OCH3 is 1. The second-order valence-electron chi connectivity index (χ2n) is 5.26. The molecule has 1 atom stereocenters. The third-order valence-electron chi connectivity index (χ3n) is 3.67. The molecule has 0 spiro atoms. The van der Waals surface area contributed by atoms with Crippen LogP contribution in [0.1, 0.15) is 27.7 Å². The molecule has 126 valence electrons. The van der Waals surface area contributed by atoms with E-state index in [1.165, 1.54) is 6.20 Å². The predicted molar refractivity (Wildman–Crippen MR) is 91.4 cm³/mol. The van der Waals surface area contributed by atoms with Crippen molar-refractivity contribution >= 4 is 5.91 Å². The van der Waals surface area contributed by atoms with Crippen LogP contribution >= 0.6 is 0 Å².